The van der Waals surface area contributed by atoms with Crippen molar-refractivity contribution in [1.82, 2.24) is 0 Å². The van der Waals surface area contributed by atoms with Crippen LogP contribution in [-0.2, 0) is 4.29 Å². The minimum Gasteiger partial charge on any atom is -0.389 e. The third-order valence-corrected chi connectivity index (χ3v) is 2.82. The Morgan fingerprint density at radius 3 is 2.83 bits per heavy atom. The van der Waals surface area contributed by atoms with Gasteiger partial charge in [-0.2, -0.15) is 0 Å². The van der Waals surface area contributed by atoms with Crippen LogP contribution in [-0.4, -0.2) is 22.1 Å². The average molecular weight is 254 g/mol. The Morgan fingerprint density at radius 1 is 1.67 bits per heavy atom. The Bertz CT molecular complexity index is 205. The lowest BCUT2D eigenvalue weighted by molar-refractivity contribution is 0.00170. The van der Waals surface area contributed by atoms with E-state index in [1.165, 1.54) is 0 Å². The Kier molecular flexibility index (Phi) is 3.77. The molecule has 0 bridgehead atoms. The summed E-state index contributed by atoms with van der Waals surface area (Å²) in [5.41, 5.74) is -0.764. The summed E-state index contributed by atoms with van der Waals surface area (Å²) in [5, 5.41) is 10.0. The van der Waals surface area contributed by atoms with E-state index >= 15 is 0 Å². The van der Waals surface area contributed by atoms with E-state index in [0.717, 1.165) is 0 Å². The molecule has 1 N–H and O–H groups in total. The molecule has 0 spiro atoms. The Morgan fingerprint density at radius 2 is 2.42 bits per heavy atom. The van der Waals surface area contributed by atoms with Gasteiger partial charge in [0.25, 0.3) is 0 Å². The predicted octanol–water partition coefficient (Wildman–Crippen LogP) is 2.17. The van der Waals surface area contributed by atoms with Crippen molar-refractivity contribution >= 4 is 27.8 Å². The van der Waals surface area contributed by atoms with Gasteiger partial charge in [0.2, 0.25) is 0 Å². The standard InChI is InChI=1S/C8H10BrClO2/c9-6-7(11)8(12-10)4-2-1-3-5-8/h1-4,7,11H,5-6H2. The minimum atomic E-state index is -0.764. The van der Waals surface area contributed by atoms with Gasteiger partial charge in [-0.05, 0) is 6.08 Å². The number of allylic oxidation sites excluding steroid dienone is 2. The van der Waals surface area contributed by atoms with Crippen molar-refractivity contribution in [2.75, 3.05) is 5.33 Å². The van der Waals surface area contributed by atoms with E-state index in [1.54, 1.807) is 6.08 Å². The number of hydrogen-bond donors (Lipinski definition) is 1. The molecule has 2 unspecified atom stereocenters. The number of rotatable bonds is 3. The Hall–Kier alpha value is 0.170. The van der Waals surface area contributed by atoms with Crippen LogP contribution in [0.4, 0.5) is 0 Å². The zero-order valence-electron chi connectivity index (χ0n) is 6.41. The van der Waals surface area contributed by atoms with E-state index in [-0.39, 0.29) is 0 Å². The fourth-order valence-electron chi connectivity index (χ4n) is 1.10. The van der Waals surface area contributed by atoms with Gasteiger partial charge in [-0.25, -0.2) is 0 Å². The summed E-state index contributed by atoms with van der Waals surface area (Å²) in [4.78, 5) is 0. The second-order valence-corrected chi connectivity index (χ2v) is 3.50. The number of hydrogen-bond acceptors (Lipinski definition) is 2. The number of aliphatic hydroxyl groups excluding tert-OH is 1. The molecule has 2 atom stereocenters. The fraction of sp³-hybridized carbons (Fsp3) is 0.500. The van der Waals surface area contributed by atoms with Gasteiger partial charge in [-0.15, -0.1) is 0 Å². The lowest BCUT2D eigenvalue weighted by Gasteiger charge is -2.31. The molecular weight excluding hydrogens is 243 g/mol. The summed E-state index contributed by atoms with van der Waals surface area (Å²) in [6, 6.07) is 0. The highest BCUT2D eigenvalue weighted by Gasteiger charge is 2.36. The molecule has 0 heterocycles. The first kappa shape index (κ1) is 10.3. The number of halogens is 2. The van der Waals surface area contributed by atoms with E-state index in [2.05, 4.69) is 15.9 Å². The molecule has 4 heteroatoms. The van der Waals surface area contributed by atoms with Crippen molar-refractivity contribution in [3.8, 4) is 0 Å². The third-order valence-electron chi connectivity index (χ3n) is 1.92. The van der Waals surface area contributed by atoms with E-state index in [4.69, 9.17) is 16.2 Å². The van der Waals surface area contributed by atoms with Gasteiger partial charge in [0.05, 0.1) is 18.0 Å². The largest absolute Gasteiger partial charge is 0.389 e. The maximum atomic E-state index is 9.59. The van der Waals surface area contributed by atoms with Crippen molar-refractivity contribution in [2.24, 2.45) is 0 Å². The van der Waals surface area contributed by atoms with Crippen LogP contribution in [0.25, 0.3) is 0 Å². The molecular formula is C8H10BrClO2. The molecule has 2 nitrogen and oxygen atoms in total. The van der Waals surface area contributed by atoms with E-state index < -0.39 is 11.7 Å². The molecule has 0 radical (unpaired) electrons. The monoisotopic (exact) mass is 252 g/mol. The zero-order valence-corrected chi connectivity index (χ0v) is 8.75. The van der Waals surface area contributed by atoms with Crippen molar-refractivity contribution in [2.45, 2.75) is 18.1 Å². The molecule has 0 saturated heterocycles. The molecule has 0 aromatic carbocycles. The third kappa shape index (κ3) is 1.91. The highest BCUT2D eigenvalue weighted by molar-refractivity contribution is 9.09. The Labute approximate surface area is 85.2 Å². The lowest BCUT2D eigenvalue weighted by Crippen LogP contribution is -2.42. The summed E-state index contributed by atoms with van der Waals surface area (Å²) >= 11 is 8.52. The SMILES string of the molecule is OC(CBr)C1(OCl)C=CC=CC1. The summed E-state index contributed by atoms with van der Waals surface area (Å²) in [7, 11) is 0. The molecule has 0 aliphatic heterocycles. The molecule has 0 aromatic rings. The first-order valence-corrected chi connectivity index (χ1v) is 5.06. The van der Waals surface area contributed by atoms with Gasteiger partial charge in [-0.3, -0.25) is 4.29 Å². The first-order chi connectivity index (χ1) is 5.75. The molecule has 0 aromatic heterocycles. The van der Waals surface area contributed by atoms with Gasteiger partial charge >= 0.3 is 0 Å². The smallest absolute Gasteiger partial charge is 0.138 e. The minimum absolute atomic E-state index is 0.442. The summed E-state index contributed by atoms with van der Waals surface area (Å²) in [5.74, 6) is 0. The normalized spacial score (nSPS) is 30.6. The maximum absolute atomic E-state index is 9.59. The zero-order chi connectivity index (χ0) is 9.03. The highest BCUT2D eigenvalue weighted by Crippen LogP contribution is 2.28. The van der Waals surface area contributed by atoms with Crippen molar-refractivity contribution < 1.29 is 9.40 Å². The van der Waals surface area contributed by atoms with E-state index in [1.807, 2.05) is 18.2 Å². The predicted molar refractivity (Wildman–Crippen MR) is 52.4 cm³/mol. The number of aliphatic hydroxyl groups is 1. The molecule has 12 heavy (non-hydrogen) atoms. The quantitative estimate of drug-likeness (QED) is 0.781. The first-order valence-electron chi connectivity index (χ1n) is 3.63. The van der Waals surface area contributed by atoms with Crippen molar-refractivity contribution in [3.63, 3.8) is 0 Å². The van der Waals surface area contributed by atoms with Crippen LogP contribution >= 0.6 is 27.8 Å². The fourth-order valence-corrected chi connectivity index (χ4v) is 1.87. The van der Waals surface area contributed by atoms with E-state index in [9.17, 15) is 5.11 Å². The van der Waals surface area contributed by atoms with E-state index in [0.29, 0.717) is 11.8 Å². The molecule has 0 fully saturated rings. The van der Waals surface area contributed by atoms with Crippen LogP contribution in [0.2, 0.25) is 0 Å². The van der Waals surface area contributed by atoms with Gasteiger partial charge in [-0.1, -0.05) is 34.2 Å². The van der Waals surface area contributed by atoms with Crippen LogP contribution in [0, 0.1) is 0 Å². The maximum Gasteiger partial charge on any atom is 0.138 e. The van der Waals surface area contributed by atoms with Gasteiger partial charge in [0.15, 0.2) is 0 Å². The van der Waals surface area contributed by atoms with Gasteiger partial charge in [0.1, 0.15) is 5.60 Å². The molecule has 68 valence electrons. The van der Waals surface area contributed by atoms with Crippen LogP contribution in [0.3, 0.4) is 0 Å². The topological polar surface area (TPSA) is 29.5 Å². The van der Waals surface area contributed by atoms with Gasteiger partial charge in [0, 0.05) is 11.8 Å². The van der Waals surface area contributed by atoms with Crippen LogP contribution in [0.5, 0.6) is 0 Å². The molecule has 1 rings (SSSR count). The highest BCUT2D eigenvalue weighted by atomic mass is 79.9. The van der Waals surface area contributed by atoms with Crippen LogP contribution in [0.15, 0.2) is 24.3 Å². The number of alkyl halides is 1. The molecule has 0 amide bonds. The van der Waals surface area contributed by atoms with Gasteiger partial charge < -0.3 is 5.11 Å². The summed E-state index contributed by atoms with van der Waals surface area (Å²) in [6.07, 6.45) is 7.36. The molecule has 0 saturated carbocycles. The second-order valence-electron chi connectivity index (χ2n) is 2.69. The second kappa shape index (κ2) is 4.42. The molecule has 1 aliphatic carbocycles. The van der Waals surface area contributed by atoms with Crippen molar-refractivity contribution in [1.29, 1.82) is 0 Å². The summed E-state index contributed by atoms with van der Waals surface area (Å²) < 4.78 is 4.79. The van der Waals surface area contributed by atoms with Crippen LogP contribution in [0.1, 0.15) is 6.42 Å². The summed E-state index contributed by atoms with van der Waals surface area (Å²) in [6.45, 7) is 0. The lowest BCUT2D eigenvalue weighted by atomic mass is 9.90. The Balaban J connectivity index is 2.76. The average Bonchev–Trinajstić information content (AvgIpc) is 2.17. The molecule has 1 aliphatic rings. The van der Waals surface area contributed by atoms with Crippen molar-refractivity contribution in [3.05, 3.63) is 24.3 Å². The van der Waals surface area contributed by atoms with Crippen LogP contribution < -0.4 is 0 Å².